The molecule has 2 aromatic carbocycles. The van der Waals surface area contributed by atoms with Crippen LogP contribution in [0.3, 0.4) is 0 Å². The third-order valence-corrected chi connectivity index (χ3v) is 3.58. The molecule has 0 heterocycles. The Morgan fingerprint density at radius 3 is 2.48 bits per heavy atom. The fourth-order valence-electron chi connectivity index (χ4n) is 1.96. The van der Waals surface area contributed by atoms with Gasteiger partial charge in [0.1, 0.15) is 5.75 Å². The molecule has 112 valence electrons. The molecule has 0 aliphatic carbocycles. The first kappa shape index (κ1) is 15.6. The Labute approximate surface area is 127 Å². The number of halogens is 3. The molecule has 0 unspecified atom stereocenters. The smallest absolute Gasteiger partial charge is 0.290 e. The van der Waals surface area contributed by atoms with Crippen molar-refractivity contribution in [2.75, 3.05) is 19.0 Å². The molecule has 0 saturated carbocycles. The Kier molecular flexibility index (Phi) is 4.68. The molecule has 0 saturated heterocycles. The van der Waals surface area contributed by atoms with E-state index in [4.69, 9.17) is 16.3 Å². The Morgan fingerprint density at radius 2 is 1.86 bits per heavy atom. The van der Waals surface area contributed by atoms with E-state index >= 15 is 0 Å². The van der Waals surface area contributed by atoms with E-state index in [0.29, 0.717) is 16.5 Å². The normalized spacial score (nSPS) is 11.3. The number of alkyl halides is 2. The molecule has 0 atom stereocenters. The number of hydrogen-bond acceptors (Lipinski definition) is 2. The zero-order valence-electron chi connectivity index (χ0n) is 11.8. The second-order valence-corrected chi connectivity index (χ2v) is 5.13. The summed E-state index contributed by atoms with van der Waals surface area (Å²) in [7, 11) is 1.47. The van der Waals surface area contributed by atoms with Crippen molar-refractivity contribution in [3.63, 3.8) is 0 Å². The molecule has 0 fully saturated rings. The predicted octanol–water partition coefficient (Wildman–Crippen LogP) is 4.86. The van der Waals surface area contributed by atoms with E-state index in [0.717, 1.165) is 5.56 Å². The van der Waals surface area contributed by atoms with Gasteiger partial charge < -0.3 is 10.1 Å². The largest absolute Gasteiger partial charge is 0.495 e. The Balaban J connectivity index is 2.18. The van der Waals surface area contributed by atoms with Gasteiger partial charge in [-0.25, -0.2) is 0 Å². The second-order valence-electron chi connectivity index (χ2n) is 4.73. The predicted molar refractivity (Wildman–Crippen MR) is 81.6 cm³/mol. The van der Waals surface area contributed by atoms with Gasteiger partial charge in [0.05, 0.1) is 19.3 Å². The van der Waals surface area contributed by atoms with E-state index in [1.165, 1.54) is 19.2 Å². The van der Waals surface area contributed by atoms with Crippen LogP contribution in [0.25, 0.3) is 0 Å². The molecule has 0 spiro atoms. The summed E-state index contributed by atoms with van der Waals surface area (Å²) in [4.78, 5) is 0. The van der Waals surface area contributed by atoms with E-state index < -0.39 is 12.5 Å². The van der Waals surface area contributed by atoms with Crippen LogP contribution in [0.5, 0.6) is 5.75 Å². The molecular formula is C16H16ClF2NO. The van der Waals surface area contributed by atoms with Crippen molar-refractivity contribution in [2.45, 2.75) is 12.8 Å². The quantitative estimate of drug-likeness (QED) is 0.851. The summed E-state index contributed by atoms with van der Waals surface area (Å²) < 4.78 is 33.4. The number of anilines is 1. The van der Waals surface area contributed by atoms with E-state index in [2.05, 4.69) is 5.32 Å². The molecule has 0 aromatic heterocycles. The lowest BCUT2D eigenvalue weighted by Crippen LogP contribution is -2.24. The minimum Gasteiger partial charge on any atom is -0.495 e. The summed E-state index contributed by atoms with van der Waals surface area (Å²) in [5.74, 6) is -2.53. The van der Waals surface area contributed by atoms with Gasteiger partial charge in [-0.2, -0.15) is 8.78 Å². The average molecular weight is 312 g/mol. The second kappa shape index (κ2) is 6.31. The van der Waals surface area contributed by atoms with E-state index in [9.17, 15) is 8.78 Å². The van der Waals surface area contributed by atoms with Crippen molar-refractivity contribution in [3.8, 4) is 5.75 Å². The topological polar surface area (TPSA) is 21.3 Å². The summed E-state index contributed by atoms with van der Waals surface area (Å²) in [6, 6.07) is 11.0. The number of aryl methyl sites for hydroxylation is 1. The van der Waals surface area contributed by atoms with E-state index in [1.54, 1.807) is 30.3 Å². The van der Waals surface area contributed by atoms with Crippen LogP contribution in [-0.2, 0) is 5.92 Å². The molecule has 0 aliphatic rings. The molecule has 5 heteroatoms. The van der Waals surface area contributed by atoms with Crippen LogP contribution in [0.4, 0.5) is 14.5 Å². The lowest BCUT2D eigenvalue weighted by atomic mass is 10.1. The van der Waals surface area contributed by atoms with Crippen molar-refractivity contribution in [1.82, 2.24) is 0 Å². The molecule has 0 aliphatic heterocycles. The van der Waals surface area contributed by atoms with E-state index in [1.807, 2.05) is 6.92 Å². The number of benzene rings is 2. The molecule has 2 aromatic rings. The van der Waals surface area contributed by atoms with Gasteiger partial charge in [-0.15, -0.1) is 0 Å². The van der Waals surface area contributed by atoms with Gasteiger partial charge in [0.2, 0.25) is 0 Å². The number of rotatable bonds is 5. The highest BCUT2D eigenvalue weighted by Crippen LogP contribution is 2.33. The molecule has 0 amide bonds. The van der Waals surface area contributed by atoms with Crippen molar-refractivity contribution >= 4 is 17.3 Å². The summed E-state index contributed by atoms with van der Waals surface area (Å²) in [5.41, 5.74) is 1.26. The van der Waals surface area contributed by atoms with Crippen LogP contribution in [0, 0.1) is 6.92 Å². The summed E-state index contributed by atoms with van der Waals surface area (Å²) >= 11 is 5.99. The number of hydrogen-bond donors (Lipinski definition) is 1. The van der Waals surface area contributed by atoms with Gasteiger partial charge in [0.25, 0.3) is 5.92 Å². The molecule has 0 bridgehead atoms. The highest BCUT2D eigenvalue weighted by atomic mass is 35.5. The highest BCUT2D eigenvalue weighted by molar-refractivity contribution is 6.31. The van der Waals surface area contributed by atoms with Crippen molar-refractivity contribution in [1.29, 1.82) is 0 Å². The number of ether oxygens (including phenoxy) is 1. The minimum absolute atomic E-state index is 0.0258. The maximum Gasteiger partial charge on any atom is 0.290 e. The molecule has 2 rings (SSSR count). The molecule has 2 nitrogen and oxygen atoms in total. The molecular weight excluding hydrogens is 296 g/mol. The average Bonchev–Trinajstić information content (AvgIpc) is 2.49. The maximum atomic E-state index is 14.1. The monoisotopic (exact) mass is 311 g/mol. The molecule has 21 heavy (non-hydrogen) atoms. The summed E-state index contributed by atoms with van der Waals surface area (Å²) in [6.45, 7) is 1.29. The molecule has 1 N–H and O–H groups in total. The van der Waals surface area contributed by atoms with Crippen molar-refractivity contribution < 1.29 is 13.5 Å². The number of nitrogens with one attached hydrogen (secondary N) is 1. The lowest BCUT2D eigenvalue weighted by Gasteiger charge is -2.19. The number of methoxy groups -OCH3 is 1. The highest BCUT2D eigenvalue weighted by Gasteiger charge is 2.31. The van der Waals surface area contributed by atoms with Gasteiger partial charge in [0, 0.05) is 16.7 Å². The Morgan fingerprint density at radius 1 is 1.19 bits per heavy atom. The van der Waals surface area contributed by atoms with Gasteiger partial charge in [-0.3, -0.25) is 0 Å². The first-order valence-corrected chi connectivity index (χ1v) is 6.83. The lowest BCUT2D eigenvalue weighted by molar-refractivity contribution is 0.0106. The zero-order valence-corrected chi connectivity index (χ0v) is 12.5. The van der Waals surface area contributed by atoms with Crippen molar-refractivity contribution in [3.05, 3.63) is 58.6 Å². The molecule has 0 radical (unpaired) electrons. The van der Waals surface area contributed by atoms with Crippen LogP contribution < -0.4 is 10.1 Å². The maximum absolute atomic E-state index is 14.1. The first-order chi connectivity index (χ1) is 9.94. The third kappa shape index (κ3) is 3.64. The standard InChI is InChI=1S/C16H16ClF2NO/c1-11-8-14(15(21-2)9-13(11)17)20-10-16(18,19)12-6-4-3-5-7-12/h3-9,20H,10H2,1-2H3. The third-order valence-electron chi connectivity index (χ3n) is 3.18. The Bertz CT molecular complexity index is 617. The minimum atomic E-state index is -2.97. The van der Waals surface area contributed by atoms with Crippen LogP contribution >= 0.6 is 11.6 Å². The fraction of sp³-hybridized carbons (Fsp3) is 0.250. The van der Waals surface area contributed by atoms with Crippen LogP contribution in [0.1, 0.15) is 11.1 Å². The van der Waals surface area contributed by atoms with Gasteiger partial charge in [0.15, 0.2) is 0 Å². The van der Waals surface area contributed by atoms with Gasteiger partial charge in [-0.05, 0) is 18.6 Å². The van der Waals surface area contributed by atoms with Crippen LogP contribution in [-0.4, -0.2) is 13.7 Å². The van der Waals surface area contributed by atoms with Crippen molar-refractivity contribution in [2.24, 2.45) is 0 Å². The summed E-state index contributed by atoms with van der Waals surface area (Å²) in [5, 5.41) is 3.27. The fourth-order valence-corrected chi connectivity index (χ4v) is 2.11. The SMILES string of the molecule is COc1cc(Cl)c(C)cc1NCC(F)(F)c1ccccc1. The first-order valence-electron chi connectivity index (χ1n) is 6.45. The van der Waals surface area contributed by atoms with Gasteiger partial charge in [-0.1, -0.05) is 41.9 Å². The van der Waals surface area contributed by atoms with Crippen LogP contribution in [0.2, 0.25) is 5.02 Å². The zero-order chi connectivity index (χ0) is 15.5. The Hall–Kier alpha value is -1.81. The van der Waals surface area contributed by atoms with Crippen LogP contribution in [0.15, 0.2) is 42.5 Å². The summed E-state index contributed by atoms with van der Waals surface area (Å²) in [6.07, 6.45) is 0. The van der Waals surface area contributed by atoms with Gasteiger partial charge >= 0.3 is 0 Å². The van der Waals surface area contributed by atoms with E-state index in [-0.39, 0.29) is 5.56 Å².